The Hall–Kier alpha value is -1.16. The summed E-state index contributed by atoms with van der Waals surface area (Å²) in [5.74, 6) is -0.163. The maximum atomic E-state index is 11.5. The van der Waals surface area contributed by atoms with Gasteiger partial charge in [-0.15, -0.1) is 0 Å². The first-order chi connectivity index (χ1) is 8.02. The lowest BCUT2D eigenvalue weighted by atomic mass is 10.2. The smallest absolute Gasteiger partial charge is 0.235 e. The lowest BCUT2D eigenvalue weighted by Crippen LogP contribution is -2.43. The van der Waals surface area contributed by atoms with Gasteiger partial charge in [-0.2, -0.15) is 5.26 Å². The van der Waals surface area contributed by atoms with E-state index in [9.17, 15) is 9.90 Å². The Morgan fingerprint density at radius 2 is 2.35 bits per heavy atom. The molecular formula is C11H20N4O2. The summed E-state index contributed by atoms with van der Waals surface area (Å²) in [6.07, 6.45) is 0.340. The molecule has 1 amide bonds. The molecule has 2 atom stereocenters. The lowest BCUT2D eigenvalue weighted by molar-refractivity contribution is -0.122. The second-order valence-electron chi connectivity index (χ2n) is 4.67. The van der Waals surface area contributed by atoms with Gasteiger partial charge in [-0.3, -0.25) is 9.69 Å². The highest BCUT2D eigenvalue weighted by molar-refractivity contribution is 5.78. The third-order valence-corrected chi connectivity index (χ3v) is 2.79. The summed E-state index contributed by atoms with van der Waals surface area (Å²) in [5.41, 5.74) is 0. The number of nitrogens with zero attached hydrogens (tertiary/aromatic N) is 3. The number of carbonyl (C=O) groups is 1. The van der Waals surface area contributed by atoms with Crippen molar-refractivity contribution in [2.75, 3.05) is 40.3 Å². The van der Waals surface area contributed by atoms with Gasteiger partial charge in [0.2, 0.25) is 5.91 Å². The van der Waals surface area contributed by atoms with Crippen LogP contribution < -0.4 is 5.32 Å². The van der Waals surface area contributed by atoms with Gasteiger partial charge in [0.1, 0.15) is 6.54 Å². The van der Waals surface area contributed by atoms with Gasteiger partial charge in [-0.05, 0) is 20.5 Å². The van der Waals surface area contributed by atoms with Crippen LogP contribution in [0.2, 0.25) is 0 Å². The van der Waals surface area contributed by atoms with Gasteiger partial charge in [-0.1, -0.05) is 0 Å². The van der Waals surface area contributed by atoms with Gasteiger partial charge in [0.15, 0.2) is 0 Å². The van der Waals surface area contributed by atoms with Crippen LogP contribution in [0.15, 0.2) is 0 Å². The van der Waals surface area contributed by atoms with Gasteiger partial charge in [0.05, 0.1) is 18.7 Å². The number of nitriles is 1. The summed E-state index contributed by atoms with van der Waals surface area (Å²) in [4.78, 5) is 15.5. The summed E-state index contributed by atoms with van der Waals surface area (Å²) in [5, 5.41) is 20.5. The van der Waals surface area contributed by atoms with E-state index >= 15 is 0 Å². The third-order valence-electron chi connectivity index (χ3n) is 2.79. The Morgan fingerprint density at radius 3 is 2.94 bits per heavy atom. The summed E-state index contributed by atoms with van der Waals surface area (Å²) >= 11 is 0. The standard InChI is InChI=1S/C11H20N4O2/c1-14(2)6-9-5-10(16)7-15(9)8-11(17)13-4-3-12/h9-10,16H,4-8H2,1-2H3,(H,13,17). The lowest BCUT2D eigenvalue weighted by Gasteiger charge is -2.25. The number of aliphatic hydroxyl groups is 1. The van der Waals surface area contributed by atoms with Crippen molar-refractivity contribution in [3.8, 4) is 6.07 Å². The van der Waals surface area contributed by atoms with Crippen LogP contribution in [0, 0.1) is 11.3 Å². The van der Waals surface area contributed by atoms with Crippen LogP contribution >= 0.6 is 0 Å². The van der Waals surface area contributed by atoms with Crippen molar-refractivity contribution < 1.29 is 9.90 Å². The molecule has 1 aliphatic rings. The van der Waals surface area contributed by atoms with Crippen molar-refractivity contribution in [1.29, 1.82) is 5.26 Å². The van der Waals surface area contributed by atoms with Crippen molar-refractivity contribution in [3.63, 3.8) is 0 Å². The molecule has 96 valence electrons. The molecule has 1 rings (SSSR count). The average Bonchev–Trinajstić information content (AvgIpc) is 2.55. The zero-order valence-corrected chi connectivity index (χ0v) is 10.4. The fourth-order valence-electron chi connectivity index (χ4n) is 2.14. The van der Waals surface area contributed by atoms with E-state index in [0.717, 1.165) is 6.54 Å². The average molecular weight is 240 g/mol. The van der Waals surface area contributed by atoms with E-state index in [0.29, 0.717) is 13.0 Å². The first-order valence-corrected chi connectivity index (χ1v) is 5.73. The molecule has 6 heteroatoms. The summed E-state index contributed by atoms with van der Waals surface area (Å²) < 4.78 is 0. The van der Waals surface area contributed by atoms with Gasteiger partial charge >= 0.3 is 0 Å². The number of carbonyl (C=O) groups excluding carboxylic acids is 1. The molecule has 1 saturated heterocycles. The minimum Gasteiger partial charge on any atom is -0.392 e. The largest absolute Gasteiger partial charge is 0.392 e. The number of rotatable bonds is 5. The molecule has 2 N–H and O–H groups in total. The third kappa shape index (κ3) is 4.69. The molecule has 0 aliphatic carbocycles. The number of likely N-dealkylation sites (N-methyl/N-ethyl adjacent to an activating group) is 1. The molecule has 0 saturated carbocycles. The monoisotopic (exact) mass is 240 g/mol. The molecule has 1 heterocycles. The van der Waals surface area contributed by atoms with Crippen LogP contribution in [0.5, 0.6) is 0 Å². The van der Waals surface area contributed by atoms with E-state index in [4.69, 9.17) is 5.26 Å². The number of β-amino-alcohol motifs (C(OH)–C–C–N with tert-alkyl or cyclic N) is 1. The van der Waals surface area contributed by atoms with Crippen molar-refractivity contribution in [3.05, 3.63) is 0 Å². The predicted molar refractivity (Wildman–Crippen MR) is 63.2 cm³/mol. The first kappa shape index (κ1) is 13.9. The van der Waals surface area contributed by atoms with Crippen LogP contribution in [-0.4, -0.2) is 73.2 Å². The highest BCUT2D eigenvalue weighted by Gasteiger charge is 2.32. The van der Waals surface area contributed by atoms with E-state index < -0.39 is 0 Å². The van der Waals surface area contributed by atoms with Gasteiger partial charge in [0.25, 0.3) is 0 Å². The Balaban J connectivity index is 2.44. The zero-order valence-electron chi connectivity index (χ0n) is 10.4. The normalized spacial score (nSPS) is 24.9. The highest BCUT2D eigenvalue weighted by Crippen LogP contribution is 2.17. The van der Waals surface area contributed by atoms with E-state index in [-0.39, 0.29) is 31.1 Å². The fourth-order valence-corrected chi connectivity index (χ4v) is 2.14. The zero-order chi connectivity index (χ0) is 12.8. The fraction of sp³-hybridized carbons (Fsp3) is 0.818. The molecule has 0 radical (unpaired) electrons. The number of aliphatic hydroxyl groups excluding tert-OH is 1. The molecule has 2 unspecified atom stereocenters. The summed E-state index contributed by atoms with van der Waals surface area (Å²) in [7, 11) is 3.94. The van der Waals surface area contributed by atoms with Gasteiger partial charge < -0.3 is 15.3 Å². The van der Waals surface area contributed by atoms with Crippen LogP contribution in [0.3, 0.4) is 0 Å². The van der Waals surface area contributed by atoms with Crippen LogP contribution in [0.25, 0.3) is 0 Å². The Labute approximate surface area is 102 Å². The molecular weight excluding hydrogens is 220 g/mol. The van der Waals surface area contributed by atoms with Crippen molar-refractivity contribution in [1.82, 2.24) is 15.1 Å². The van der Waals surface area contributed by atoms with Crippen LogP contribution in [0.4, 0.5) is 0 Å². The second-order valence-corrected chi connectivity index (χ2v) is 4.67. The van der Waals surface area contributed by atoms with Crippen LogP contribution in [0.1, 0.15) is 6.42 Å². The Morgan fingerprint density at radius 1 is 1.65 bits per heavy atom. The Kier molecular flexibility index (Phi) is 5.35. The summed E-state index contributed by atoms with van der Waals surface area (Å²) in [6, 6.07) is 2.07. The number of nitrogens with one attached hydrogen (secondary N) is 1. The van der Waals surface area contributed by atoms with Crippen molar-refractivity contribution in [2.24, 2.45) is 0 Å². The van der Waals surface area contributed by atoms with Gasteiger partial charge in [-0.25, -0.2) is 0 Å². The molecule has 0 bridgehead atoms. The van der Waals surface area contributed by atoms with E-state index in [2.05, 4.69) is 5.32 Å². The minimum atomic E-state index is -0.358. The van der Waals surface area contributed by atoms with E-state index in [1.807, 2.05) is 30.0 Å². The van der Waals surface area contributed by atoms with Crippen LogP contribution in [-0.2, 0) is 4.79 Å². The topological polar surface area (TPSA) is 79.6 Å². The summed E-state index contributed by atoms with van der Waals surface area (Å²) in [6.45, 7) is 1.63. The molecule has 1 fully saturated rings. The minimum absolute atomic E-state index is 0.0353. The molecule has 0 spiro atoms. The van der Waals surface area contributed by atoms with E-state index in [1.54, 1.807) is 0 Å². The SMILES string of the molecule is CN(C)CC1CC(O)CN1CC(=O)NCC#N. The second kappa shape index (κ2) is 6.55. The molecule has 6 nitrogen and oxygen atoms in total. The van der Waals surface area contributed by atoms with Crippen molar-refractivity contribution in [2.45, 2.75) is 18.6 Å². The van der Waals surface area contributed by atoms with Gasteiger partial charge in [0, 0.05) is 19.1 Å². The highest BCUT2D eigenvalue weighted by atomic mass is 16.3. The molecule has 1 aliphatic heterocycles. The maximum absolute atomic E-state index is 11.5. The number of amides is 1. The Bertz CT molecular complexity index is 300. The molecule has 0 aromatic rings. The number of hydrogen-bond donors (Lipinski definition) is 2. The molecule has 0 aromatic carbocycles. The predicted octanol–water partition coefficient (Wildman–Crippen LogP) is -1.38. The maximum Gasteiger partial charge on any atom is 0.235 e. The molecule has 0 aromatic heterocycles. The van der Waals surface area contributed by atoms with E-state index in [1.165, 1.54) is 0 Å². The number of hydrogen-bond acceptors (Lipinski definition) is 5. The quantitative estimate of drug-likeness (QED) is 0.579. The first-order valence-electron chi connectivity index (χ1n) is 5.73. The number of likely N-dealkylation sites (tertiary alicyclic amines) is 1. The molecule has 17 heavy (non-hydrogen) atoms. The van der Waals surface area contributed by atoms with Crippen molar-refractivity contribution >= 4 is 5.91 Å².